The molecule has 2 rings (SSSR count). The van der Waals surface area contributed by atoms with Crippen molar-refractivity contribution in [1.29, 1.82) is 0 Å². The van der Waals surface area contributed by atoms with E-state index in [2.05, 4.69) is 34.5 Å². The van der Waals surface area contributed by atoms with E-state index >= 15 is 0 Å². The van der Waals surface area contributed by atoms with Crippen molar-refractivity contribution < 1.29 is 4.74 Å². The Labute approximate surface area is 158 Å². The molecule has 2 aromatic rings. The molecule has 0 amide bonds. The predicted octanol–water partition coefficient (Wildman–Crippen LogP) is 2.74. The molecule has 6 nitrogen and oxygen atoms in total. The third-order valence-corrected chi connectivity index (χ3v) is 3.95. The van der Waals surface area contributed by atoms with Crippen molar-refractivity contribution in [1.82, 2.24) is 20.0 Å². The molecule has 2 aromatic heterocycles. The van der Waals surface area contributed by atoms with E-state index in [1.54, 1.807) is 18.4 Å². The van der Waals surface area contributed by atoms with Crippen LogP contribution < -0.4 is 10.6 Å². The molecule has 0 aliphatic heterocycles. The zero-order valence-corrected chi connectivity index (χ0v) is 17.1. The summed E-state index contributed by atoms with van der Waals surface area (Å²) in [6.07, 6.45) is 5.14. The third-order valence-electron chi connectivity index (χ3n) is 3.18. The molecule has 8 heteroatoms. The summed E-state index contributed by atoms with van der Waals surface area (Å²) >= 11 is 1.63. The van der Waals surface area contributed by atoms with E-state index in [-0.39, 0.29) is 24.0 Å². The van der Waals surface area contributed by atoms with Gasteiger partial charge in [-0.05, 0) is 12.3 Å². The Hall–Kier alpha value is -0.870. The molecule has 0 aliphatic rings. The Kier molecular flexibility index (Phi) is 9.49. The van der Waals surface area contributed by atoms with Crippen LogP contribution in [0.5, 0.6) is 0 Å². The predicted molar refractivity (Wildman–Crippen MR) is 107 cm³/mol. The van der Waals surface area contributed by atoms with E-state index in [1.807, 2.05) is 22.2 Å². The maximum atomic E-state index is 5.57. The van der Waals surface area contributed by atoms with Crippen LogP contribution in [0.3, 0.4) is 0 Å². The molecule has 0 saturated heterocycles. The number of nitrogens with zero attached hydrogens (tertiary/aromatic N) is 3. The van der Waals surface area contributed by atoms with Crippen LogP contribution in [0.25, 0.3) is 4.96 Å². The fourth-order valence-corrected chi connectivity index (χ4v) is 2.64. The number of guanidine groups is 1. The minimum atomic E-state index is 0. The van der Waals surface area contributed by atoms with Crippen molar-refractivity contribution in [3.05, 3.63) is 23.5 Å². The fourth-order valence-electron chi connectivity index (χ4n) is 1.92. The van der Waals surface area contributed by atoms with Crippen LogP contribution in [-0.4, -0.2) is 42.2 Å². The summed E-state index contributed by atoms with van der Waals surface area (Å²) in [6, 6.07) is 0. The van der Waals surface area contributed by atoms with Crippen molar-refractivity contribution in [2.45, 2.75) is 26.8 Å². The maximum Gasteiger partial charge on any atom is 0.193 e. The molecule has 2 heterocycles. The van der Waals surface area contributed by atoms with Crippen LogP contribution in [0.1, 0.15) is 26.0 Å². The molecule has 130 valence electrons. The van der Waals surface area contributed by atoms with E-state index in [1.165, 1.54) is 0 Å². The summed E-state index contributed by atoms with van der Waals surface area (Å²) in [6.45, 7) is 7.31. The third kappa shape index (κ3) is 7.05. The van der Waals surface area contributed by atoms with Gasteiger partial charge in [-0.2, -0.15) is 0 Å². The lowest BCUT2D eigenvalue weighted by Crippen LogP contribution is -2.38. The second-order valence-corrected chi connectivity index (χ2v) is 6.35. The first kappa shape index (κ1) is 20.2. The molecular weight excluding hydrogens is 425 g/mol. The number of nitrogens with one attached hydrogen (secondary N) is 2. The Morgan fingerprint density at radius 1 is 1.39 bits per heavy atom. The molecular formula is C15H26IN5OS. The molecule has 0 atom stereocenters. The van der Waals surface area contributed by atoms with Crippen LogP contribution in [0.15, 0.2) is 22.8 Å². The van der Waals surface area contributed by atoms with Crippen molar-refractivity contribution in [2.75, 3.05) is 26.8 Å². The van der Waals surface area contributed by atoms with E-state index in [9.17, 15) is 0 Å². The highest BCUT2D eigenvalue weighted by Gasteiger charge is 2.03. The number of ether oxygens (including phenoxy) is 1. The molecule has 0 saturated carbocycles. The van der Waals surface area contributed by atoms with Gasteiger partial charge in [-0.25, -0.2) is 4.98 Å². The lowest BCUT2D eigenvalue weighted by molar-refractivity contribution is 0.128. The SMILES string of the molecule is CN=C(NCCOCCC(C)C)NCc1cn2ccsc2n1.I. The van der Waals surface area contributed by atoms with E-state index < -0.39 is 0 Å². The number of hydrogen-bond donors (Lipinski definition) is 2. The maximum absolute atomic E-state index is 5.57. The fraction of sp³-hybridized carbons (Fsp3) is 0.600. The van der Waals surface area contributed by atoms with Gasteiger partial charge in [0, 0.05) is 38.0 Å². The van der Waals surface area contributed by atoms with Gasteiger partial charge in [-0.3, -0.25) is 9.39 Å². The van der Waals surface area contributed by atoms with Crippen molar-refractivity contribution in [3.8, 4) is 0 Å². The summed E-state index contributed by atoms with van der Waals surface area (Å²) in [7, 11) is 1.76. The smallest absolute Gasteiger partial charge is 0.193 e. The second kappa shape index (κ2) is 10.8. The summed E-state index contributed by atoms with van der Waals surface area (Å²) < 4.78 is 7.60. The number of imidazole rings is 1. The first-order valence-corrected chi connectivity index (χ1v) is 8.50. The molecule has 23 heavy (non-hydrogen) atoms. The van der Waals surface area contributed by atoms with Gasteiger partial charge in [0.1, 0.15) is 0 Å². The van der Waals surface area contributed by atoms with Crippen molar-refractivity contribution >= 4 is 46.2 Å². The van der Waals surface area contributed by atoms with Crippen molar-refractivity contribution in [2.24, 2.45) is 10.9 Å². The lowest BCUT2D eigenvalue weighted by atomic mass is 10.1. The second-order valence-electron chi connectivity index (χ2n) is 5.47. The van der Waals surface area contributed by atoms with Gasteiger partial charge in [0.25, 0.3) is 0 Å². The first-order chi connectivity index (χ1) is 10.7. The Bertz CT molecular complexity index is 567. The summed E-state index contributed by atoms with van der Waals surface area (Å²) in [4.78, 5) is 9.74. The number of thiazole rings is 1. The first-order valence-electron chi connectivity index (χ1n) is 7.62. The average molecular weight is 451 g/mol. The quantitative estimate of drug-likeness (QED) is 0.281. The molecule has 0 fully saturated rings. The number of aromatic nitrogens is 2. The molecule has 0 bridgehead atoms. The van der Waals surface area contributed by atoms with E-state index in [0.717, 1.165) is 36.2 Å². The zero-order chi connectivity index (χ0) is 15.8. The van der Waals surface area contributed by atoms with Gasteiger partial charge in [-0.15, -0.1) is 35.3 Å². The van der Waals surface area contributed by atoms with Crippen LogP contribution in [-0.2, 0) is 11.3 Å². The van der Waals surface area contributed by atoms with Gasteiger partial charge >= 0.3 is 0 Å². The molecule has 2 N–H and O–H groups in total. The highest BCUT2D eigenvalue weighted by Crippen LogP contribution is 2.10. The lowest BCUT2D eigenvalue weighted by Gasteiger charge is -2.11. The summed E-state index contributed by atoms with van der Waals surface area (Å²) in [5, 5.41) is 8.52. The molecule has 0 unspecified atom stereocenters. The van der Waals surface area contributed by atoms with Gasteiger partial charge in [0.05, 0.1) is 18.8 Å². The standard InChI is InChI=1S/C15H25N5OS.HI/c1-12(2)4-7-21-8-5-17-14(16-3)18-10-13-11-20-6-9-22-15(20)19-13;/h6,9,11-12H,4-5,7-8,10H2,1-3H3,(H2,16,17,18);1H. The molecule has 0 radical (unpaired) electrons. The Morgan fingerprint density at radius 3 is 2.91 bits per heavy atom. The molecule has 0 aliphatic carbocycles. The van der Waals surface area contributed by atoms with Gasteiger partial charge in [0.15, 0.2) is 10.9 Å². The number of fused-ring (bicyclic) bond motifs is 1. The van der Waals surface area contributed by atoms with Crippen molar-refractivity contribution in [3.63, 3.8) is 0 Å². The number of hydrogen-bond acceptors (Lipinski definition) is 4. The Morgan fingerprint density at radius 2 is 2.22 bits per heavy atom. The zero-order valence-electron chi connectivity index (χ0n) is 13.9. The highest BCUT2D eigenvalue weighted by atomic mass is 127. The highest BCUT2D eigenvalue weighted by molar-refractivity contribution is 14.0. The monoisotopic (exact) mass is 451 g/mol. The van der Waals surface area contributed by atoms with Crippen LogP contribution in [0, 0.1) is 5.92 Å². The largest absolute Gasteiger partial charge is 0.380 e. The number of rotatable bonds is 8. The number of aliphatic imine (C=N–C) groups is 1. The minimum Gasteiger partial charge on any atom is -0.380 e. The van der Waals surface area contributed by atoms with Gasteiger partial charge in [-0.1, -0.05) is 13.8 Å². The molecule has 0 aromatic carbocycles. The average Bonchev–Trinajstić information content (AvgIpc) is 3.06. The molecule has 0 spiro atoms. The summed E-state index contributed by atoms with van der Waals surface area (Å²) in [5.41, 5.74) is 1.00. The minimum absolute atomic E-state index is 0. The Balaban J connectivity index is 0.00000264. The van der Waals surface area contributed by atoms with Crippen LogP contribution in [0.4, 0.5) is 0 Å². The normalized spacial score (nSPS) is 11.7. The topological polar surface area (TPSA) is 63.0 Å². The number of halogens is 1. The van der Waals surface area contributed by atoms with Crippen LogP contribution in [0.2, 0.25) is 0 Å². The summed E-state index contributed by atoms with van der Waals surface area (Å²) in [5.74, 6) is 1.45. The van der Waals surface area contributed by atoms with Crippen LogP contribution >= 0.6 is 35.3 Å². The van der Waals surface area contributed by atoms with Gasteiger partial charge < -0.3 is 15.4 Å². The van der Waals surface area contributed by atoms with E-state index in [4.69, 9.17) is 4.74 Å². The van der Waals surface area contributed by atoms with E-state index in [0.29, 0.717) is 19.1 Å². The van der Waals surface area contributed by atoms with Gasteiger partial charge in [0.2, 0.25) is 0 Å².